The maximum Gasteiger partial charge on any atom is 0.282 e. The Balaban J connectivity index is 1.59. The van der Waals surface area contributed by atoms with Gasteiger partial charge in [-0.25, -0.2) is 4.90 Å². The van der Waals surface area contributed by atoms with Gasteiger partial charge in [-0.15, -0.1) is 0 Å². The van der Waals surface area contributed by atoms with Crippen molar-refractivity contribution in [1.82, 2.24) is 0 Å². The summed E-state index contributed by atoms with van der Waals surface area (Å²) in [6.07, 6.45) is 0. The minimum Gasteiger partial charge on any atom is -0.454 e. The van der Waals surface area contributed by atoms with E-state index >= 15 is 0 Å². The molecule has 0 fully saturated rings. The molecule has 5 rings (SSSR count). The number of ether oxygens (including phenoxy) is 2. The smallest absolute Gasteiger partial charge is 0.282 e. The SMILES string of the molecule is Cc1ccc(C2=C(Nc3ccc4c(c3)OCO4)C(=O)N(c3ccccc3)C2=O)cc1. The van der Waals surface area contributed by atoms with E-state index in [9.17, 15) is 9.59 Å². The molecule has 3 aromatic rings. The highest BCUT2D eigenvalue weighted by Gasteiger charge is 2.40. The van der Waals surface area contributed by atoms with Crippen LogP contribution >= 0.6 is 0 Å². The standard InChI is InChI=1S/C24H18N2O4/c1-15-7-9-16(10-8-15)21-22(25-17-11-12-19-20(13-17)30-14-29-19)24(28)26(23(21)27)18-5-3-2-4-6-18/h2-13,25H,14H2,1H3. The number of carbonyl (C=O) groups excluding carboxylic acids is 2. The molecule has 148 valence electrons. The summed E-state index contributed by atoms with van der Waals surface area (Å²) < 4.78 is 10.8. The molecule has 0 saturated carbocycles. The Morgan fingerprint density at radius 2 is 1.57 bits per heavy atom. The summed E-state index contributed by atoms with van der Waals surface area (Å²) in [5.41, 5.74) is 3.48. The first-order chi connectivity index (χ1) is 14.6. The summed E-state index contributed by atoms with van der Waals surface area (Å²) in [4.78, 5) is 27.9. The summed E-state index contributed by atoms with van der Waals surface area (Å²) >= 11 is 0. The summed E-state index contributed by atoms with van der Waals surface area (Å²) in [6, 6.07) is 21.8. The van der Waals surface area contributed by atoms with E-state index in [1.807, 2.05) is 37.3 Å². The Labute approximate surface area is 173 Å². The predicted octanol–water partition coefficient (Wildman–Crippen LogP) is 4.12. The Kier molecular flexibility index (Phi) is 4.25. The molecule has 6 nitrogen and oxygen atoms in total. The Hall–Kier alpha value is -4.06. The zero-order valence-corrected chi connectivity index (χ0v) is 16.2. The Bertz CT molecular complexity index is 1180. The highest BCUT2D eigenvalue weighted by Crippen LogP contribution is 2.37. The van der Waals surface area contributed by atoms with E-state index in [-0.39, 0.29) is 18.4 Å². The molecule has 2 heterocycles. The number of imide groups is 1. The topological polar surface area (TPSA) is 67.9 Å². The third-order valence-electron chi connectivity index (χ3n) is 5.08. The fourth-order valence-corrected chi connectivity index (χ4v) is 3.56. The molecule has 0 spiro atoms. The molecule has 0 unspecified atom stereocenters. The van der Waals surface area contributed by atoms with Gasteiger partial charge in [0.1, 0.15) is 5.70 Å². The third kappa shape index (κ3) is 2.99. The van der Waals surface area contributed by atoms with E-state index in [0.29, 0.717) is 34.0 Å². The number of carbonyl (C=O) groups is 2. The Morgan fingerprint density at radius 3 is 2.33 bits per heavy atom. The largest absolute Gasteiger partial charge is 0.454 e. The number of hydrogen-bond donors (Lipinski definition) is 1. The molecule has 2 amide bonds. The molecule has 3 aromatic carbocycles. The van der Waals surface area contributed by atoms with Crippen molar-refractivity contribution in [1.29, 1.82) is 0 Å². The van der Waals surface area contributed by atoms with E-state index in [1.165, 1.54) is 4.90 Å². The van der Waals surface area contributed by atoms with Crippen molar-refractivity contribution in [3.8, 4) is 11.5 Å². The highest BCUT2D eigenvalue weighted by molar-refractivity contribution is 6.46. The number of para-hydroxylation sites is 1. The van der Waals surface area contributed by atoms with E-state index in [2.05, 4.69) is 5.32 Å². The molecular weight excluding hydrogens is 380 g/mol. The number of aryl methyl sites for hydroxylation is 1. The first-order valence-electron chi connectivity index (χ1n) is 9.53. The second-order valence-electron chi connectivity index (χ2n) is 7.09. The average Bonchev–Trinajstić information content (AvgIpc) is 3.32. The number of benzene rings is 3. The van der Waals surface area contributed by atoms with Crippen molar-refractivity contribution < 1.29 is 19.1 Å². The summed E-state index contributed by atoms with van der Waals surface area (Å²) in [7, 11) is 0. The molecule has 0 atom stereocenters. The van der Waals surface area contributed by atoms with Crippen LogP contribution in [0.3, 0.4) is 0 Å². The van der Waals surface area contributed by atoms with Crippen molar-refractivity contribution in [3.05, 3.63) is 89.6 Å². The highest BCUT2D eigenvalue weighted by atomic mass is 16.7. The quantitative estimate of drug-likeness (QED) is 0.670. The molecule has 30 heavy (non-hydrogen) atoms. The van der Waals surface area contributed by atoms with E-state index < -0.39 is 5.91 Å². The lowest BCUT2D eigenvalue weighted by Crippen LogP contribution is -2.32. The second-order valence-corrected chi connectivity index (χ2v) is 7.09. The van der Waals surface area contributed by atoms with Gasteiger partial charge in [-0.1, -0.05) is 48.0 Å². The molecule has 0 aromatic heterocycles. The van der Waals surface area contributed by atoms with Crippen molar-refractivity contribution >= 4 is 28.8 Å². The molecule has 1 N–H and O–H groups in total. The summed E-state index contributed by atoms with van der Waals surface area (Å²) in [6.45, 7) is 2.14. The minimum atomic E-state index is -0.403. The number of nitrogens with zero attached hydrogens (tertiary/aromatic N) is 1. The van der Waals surface area contributed by atoms with Gasteiger partial charge in [-0.05, 0) is 36.8 Å². The van der Waals surface area contributed by atoms with Gasteiger partial charge in [0.2, 0.25) is 6.79 Å². The fourth-order valence-electron chi connectivity index (χ4n) is 3.56. The summed E-state index contributed by atoms with van der Waals surface area (Å²) in [5, 5.41) is 3.15. The molecule has 0 radical (unpaired) electrons. The number of fused-ring (bicyclic) bond motifs is 1. The average molecular weight is 398 g/mol. The van der Waals surface area contributed by atoms with E-state index in [4.69, 9.17) is 9.47 Å². The van der Waals surface area contributed by atoms with Crippen molar-refractivity contribution in [2.45, 2.75) is 6.92 Å². The first kappa shape index (κ1) is 18.0. The van der Waals surface area contributed by atoms with Crippen LogP contribution < -0.4 is 19.7 Å². The van der Waals surface area contributed by atoms with Gasteiger partial charge < -0.3 is 14.8 Å². The van der Waals surface area contributed by atoms with Crippen LogP contribution in [0.2, 0.25) is 0 Å². The lowest BCUT2D eigenvalue weighted by atomic mass is 10.0. The number of amides is 2. The van der Waals surface area contributed by atoms with Gasteiger partial charge in [0, 0.05) is 11.8 Å². The number of hydrogen-bond acceptors (Lipinski definition) is 5. The van der Waals surface area contributed by atoms with Crippen LogP contribution in [0.15, 0.2) is 78.5 Å². The normalized spacial score (nSPS) is 15.2. The number of anilines is 2. The molecule has 0 bridgehead atoms. The monoisotopic (exact) mass is 398 g/mol. The summed E-state index contributed by atoms with van der Waals surface area (Å²) in [5.74, 6) is 0.472. The van der Waals surface area contributed by atoms with Gasteiger partial charge in [0.05, 0.1) is 11.3 Å². The van der Waals surface area contributed by atoms with E-state index in [0.717, 1.165) is 5.56 Å². The van der Waals surface area contributed by atoms with Crippen LogP contribution in [-0.4, -0.2) is 18.6 Å². The number of rotatable bonds is 4. The van der Waals surface area contributed by atoms with Crippen molar-refractivity contribution in [2.75, 3.05) is 17.0 Å². The van der Waals surface area contributed by atoms with Crippen LogP contribution in [0.5, 0.6) is 11.5 Å². The minimum absolute atomic E-state index is 0.162. The Morgan fingerprint density at radius 1 is 0.833 bits per heavy atom. The molecule has 2 aliphatic heterocycles. The lowest BCUT2D eigenvalue weighted by molar-refractivity contribution is -0.120. The zero-order valence-electron chi connectivity index (χ0n) is 16.2. The first-order valence-corrected chi connectivity index (χ1v) is 9.53. The molecule has 6 heteroatoms. The molecule has 0 saturated heterocycles. The zero-order chi connectivity index (χ0) is 20.7. The predicted molar refractivity (Wildman–Crippen MR) is 113 cm³/mol. The van der Waals surface area contributed by atoms with Crippen LogP contribution in [0.4, 0.5) is 11.4 Å². The van der Waals surface area contributed by atoms with Crippen LogP contribution in [-0.2, 0) is 9.59 Å². The second kappa shape index (κ2) is 7.08. The van der Waals surface area contributed by atoms with Gasteiger partial charge in [-0.2, -0.15) is 0 Å². The lowest BCUT2D eigenvalue weighted by Gasteiger charge is -2.15. The van der Waals surface area contributed by atoms with E-state index in [1.54, 1.807) is 42.5 Å². The maximum atomic E-state index is 13.4. The van der Waals surface area contributed by atoms with Gasteiger partial charge in [0.25, 0.3) is 11.8 Å². The molecular formula is C24H18N2O4. The van der Waals surface area contributed by atoms with Gasteiger partial charge in [-0.3, -0.25) is 9.59 Å². The number of nitrogens with one attached hydrogen (secondary N) is 1. The van der Waals surface area contributed by atoms with Gasteiger partial charge in [0.15, 0.2) is 11.5 Å². The van der Waals surface area contributed by atoms with Crippen LogP contribution in [0.1, 0.15) is 11.1 Å². The maximum absolute atomic E-state index is 13.4. The van der Waals surface area contributed by atoms with Crippen molar-refractivity contribution in [2.24, 2.45) is 0 Å². The third-order valence-corrected chi connectivity index (χ3v) is 5.08. The fraction of sp³-hybridized carbons (Fsp3) is 0.0833. The molecule has 0 aliphatic carbocycles. The van der Waals surface area contributed by atoms with Crippen LogP contribution in [0.25, 0.3) is 5.57 Å². The van der Waals surface area contributed by atoms with Gasteiger partial charge >= 0.3 is 0 Å². The van der Waals surface area contributed by atoms with Crippen LogP contribution in [0, 0.1) is 6.92 Å². The van der Waals surface area contributed by atoms with Crippen molar-refractivity contribution in [3.63, 3.8) is 0 Å². The molecule has 2 aliphatic rings.